The molecule has 144 valence electrons. The summed E-state index contributed by atoms with van der Waals surface area (Å²) in [5, 5.41) is 4.07. The number of rotatable bonds is 3. The van der Waals surface area contributed by atoms with Gasteiger partial charge in [-0.2, -0.15) is 0 Å². The molecular weight excluding hydrogens is 352 g/mol. The Bertz CT molecular complexity index is 1180. The predicted molar refractivity (Wildman–Crippen MR) is 111 cm³/mol. The fourth-order valence-corrected chi connectivity index (χ4v) is 3.55. The van der Waals surface area contributed by atoms with Crippen LogP contribution in [0.1, 0.15) is 40.6 Å². The first-order valence-corrected chi connectivity index (χ1v) is 8.69. The number of primary amides is 1. The summed E-state index contributed by atoms with van der Waals surface area (Å²) in [4.78, 5) is 19.7. The van der Waals surface area contributed by atoms with Gasteiger partial charge in [0.1, 0.15) is 11.6 Å². The lowest BCUT2D eigenvalue weighted by atomic mass is 9.93. The molecule has 0 radical (unpaired) electrons. The molecule has 4 rings (SSSR count). The first-order valence-electron chi connectivity index (χ1n) is 8.69. The number of nitrogens with one attached hydrogen (secondary N) is 1. The molecule has 2 aromatic carbocycles. The summed E-state index contributed by atoms with van der Waals surface area (Å²) in [7, 11) is 0. The van der Waals surface area contributed by atoms with Crippen LogP contribution in [0, 0.1) is 27.7 Å². The molecule has 6 nitrogen and oxygen atoms in total. The predicted octanol–water partition coefficient (Wildman–Crippen LogP) is 4.85. The molecule has 0 saturated heterocycles. The Morgan fingerprint density at radius 1 is 1.07 bits per heavy atom. The molecule has 0 spiro atoms. The molecule has 1 amide bonds. The van der Waals surface area contributed by atoms with E-state index in [0.29, 0.717) is 5.56 Å². The Kier molecular flexibility index (Phi) is 4.81. The molecule has 0 atom stereocenters. The number of nitrogens with two attached hydrogens (primary N) is 1. The Morgan fingerprint density at radius 3 is 2.46 bits per heavy atom. The normalized spacial score (nSPS) is 10.9. The average molecular weight is 376 g/mol. The van der Waals surface area contributed by atoms with E-state index in [9.17, 15) is 4.79 Å². The zero-order valence-electron chi connectivity index (χ0n) is 15.7. The van der Waals surface area contributed by atoms with E-state index in [2.05, 4.69) is 27.3 Å². The number of hydrogen-bond acceptors (Lipinski definition) is 4. The number of hydrogen-bond donors (Lipinski definition) is 2. The number of nitrogens with zero attached hydrogens (tertiary/aromatic N) is 2. The number of carbonyl (C=O) groups is 1. The van der Waals surface area contributed by atoms with Gasteiger partial charge in [0.05, 0.1) is 16.7 Å². The third kappa shape index (κ3) is 3.07. The van der Waals surface area contributed by atoms with Gasteiger partial charge in [0, 0.05) is 16.7 Å². The van der Waals surface area contributed by atoms with Gasteiger partial charge in [-0.1, -0.05) is 18.6 Å². The zero-order chi connectivity index (χ0) is 19.3. The molecule has 2 aromatic heterocycles. The SMILES string of the molecule is C.Cc1nc2c(-c3cc(C(N)=O)ccc3C)cc(-c3c(C)noc3C)cc2[nH]1. The average Bonchev–Trinajstić information content (AvgIpc) is 3.15. The minimum Gasteiger partial charge on any atom is -0.366 e. The third-order valence-electron chi connectivity index (χ3n) is 4.84. The van der Waals surface area contributed by atoms with E-state index in [1.165, 1.54) is 0 Å². The summed E-state index contributed by atoms with van der Waals surface area (Å²) in [6.45, 7) is 7.75. The summed E-state index contributed by atoms with van der Waals surface area (Å²) in [6, 6.07) is 9.60. The van der Waals surface area contributed by atoms with E-state index in [0.717, 1.165) is 56.1 Å². The molecule has 2 heterocycles. The van der Waals surface area contributed by atoms with Gasteiger partial charge in [0.15, 0.2) is 0 Å². The van der Waals surface area contributed by atoms with Crippen molar-refractivity contribution in [3.63, 3.8) is 0 Å². The molecule has 0 fully saturated rings. The van der Waals surface area contributed by atoms with Crippen molar-refractivity contribution in [1.29, 1.82) is 0 Å². The van der Waals surface area contributed by atoms with Crippen LogP contribution in [-0.2, 0) is 0 Å². The highest BCUT2D eigenvalue weighted by Crippen LogP contribution is 2.37. The van der Waals surface area contributed by atoms with Crippen molar-refractivity contribution in [1.82, 2.24) is 15.1 Å². The molecule has 0 unspecified atom stereocenters. The van der Waals surface area contributed by atoms with Crippen molar-refractivity contribution in [3.05, 3.63) is 58.7 Å². The fourth-order valence-electron chi connectivity index (χ4n) is 3.55. The van der Waals surface area contributed by atoms with Crippen LogP contribution in [0.3, 0.4) is 0 Å². The molecule has 0 aliphatic carbocycles. The lowest BCUT2D eigenvalue weighted by Crippen LogP contribution is -2.11. The quantitative estimate of drug-likeness (QED) is 0.534. The van der Waals surface area contributed by atoms with Crippen LogP contribution in [-0.4, -0.2) is 21.0 Å². The van der Waals surface area contributed by atoms with Crippen LogP contribution in [0.4, 0.5) is 0 Å². The van der Waals surface area contributed by atoms with E-state index in [1.54, 1.807) is 6.07 Å². The maximum absolute atomic E-state index is 11.7. The van der Waals surface area contributed by atoms with Crippen molar-refractivity contribution < 1.29 is 9.32 Å². The largest absolute Gasteiger partial charge is 0.366 e. The maximum Gasteiger partial charge on any atom is 0.248 e. The molecule has 4 aromatic rings. The number of aryl methyl sites for hydroxylation is 4. The highest BCUT2D eigenvalue weighted by atomic mass is 16.5. The van der Waals surface area contributed by atoms with E-state index in [-0.39, 0.29) is 7.43 Å². The first-order chi connectivity index (χ1) is 12.8. The lowest BCUT2D eigenvalue weighted by molar-refractivity contribution is 0.100. The molecule has 0 aliphatic heterocycles. The number of H-pyrrole nitrogens is 1. The fraction of sp³-hybridized carbons (Fsp3) is 0.227. The third-order valence-corrected chi connectivity index (χ3v) is 4.84. The van der Waals surface area contributed by atoms with Gasteiger partial charge in [0.25, 0.3) is 0 Å². The summed E-state index contributed by atoms with van der Waals surface area (Å²) < 4.78 is 5.35. The Balaban J connectivity index is 0.00000225. The van der Waals surface area contributed by atoms with Gasteiger partial charge in [-0.15, -0.1) is 0 Å². The number of amides is 1. The van der Waals surface area contributed by atoms with Gasteiger partial charge >= 0.3 is 0 Å². The van der Waals surface area contributed by atoms with Crippen molar-refractivity contribution in [2.75, 3.05) is 0 Å². The van der Waals surface area contributed by atoms with Gasteiger partial charge in [0.2, 0.25) is 5.91 Å². The smallest absolute Gasteiger partial charge is 0.248 e. The highest BCUT2D eigenvalue weighted by molar-refractivity contribution is 6.00. The van der Waals surface area contributed by atoms with Gasteiger partial charge in [-0.3, -0.25) is 4.79 Å². The van der Waals surface area contributed by atoms with Crippen LogP contribution >= 0.6 is 0 Å². The summed E-state index contributed by atoms with van der Waals surface area (Å²) >= 11 is 0. The Morgan fingerprint density at radius 2 is 1.82 bits per heavy atom. The molecule has 6 heteroatoms. The Hall–Kier alpha value is -3.41. The number of benzene rings is 2. The Labute approximate surface area is 163 Å². The van der Waals surface area contributed by atoms with Crippen molar-refractivity contribution >= 4 is 16.9 Å². The van der Waals surface area contributed by atoms with Crippen LogP contribution in [0.5, 0.6) is 0 Å². The molecular formula is C22H24N4O2. The van der Waals surface area contributed by atoms with Crippen LogP contribution in [0.25, 0.3) is 33.3 Å². The maximum atomic E-state index is 11.7. The van der Waals surface area contributed by atoms with Crippen molar-refractivity contribution in [2.45, 2.75) is 35.1 Å². The van der Waals surface area contributed by atoms with E-state index in [1.807, 2.05) is 39.8 Å². The molecule has 28 heavy (non-hydrogen) atoms. The van der Waals surface area contributed by atoms with Crippen LogP contribution < -0.4 is 5.73 Å². The van der Waals surface area contributed by atoms with Crippen LogP contribution in [0.15, 0.2) is 34.9 Å². The number of aromatic amines is 1. The number of carbonyl (C=O) groups excluding carboxylic acids is 1. The first kappa shape index (κ1) is 19.4. The number of imidazole rings is 1. The second-order valence-corrected chi connectivity index (χ2v) is 6.84. The van der Waals surface area contributed by atoms with Gasteiger partial charge < -0.3 is 15.2 Å². The standard InChI is InChI=1S/C21H20N4O2.CH4/c1-10-5-6-14(21(22)26)7-16(10)17-8-15(19-11(2)25-27-12(19)3)9-18-20(17)24-13(4)23-18;/h5-9H,1-4H3,(H2,22,26)(H,23,24);1H4. The van der Waals surface area contributed by atoms with Crippen molar-refractivity contribution in [3.8, 4) is 22.3 Å². The van der Waals surface area contributed by atoms with Crippen molar-refractivity contribution in [2.24, 2.45) is 5.73 Å². The monoisotopic (exact) mass is 376 g/mol. The van der Waals surface area contributed by atoms with Crippen LogP contribution in [0.2, 0.25) is 0 Å². The number of fused-ring (bicyclic) bond motifs is 1. The minimum absolute atomic E-state index is 0. The van der Waals surface area contributed by atoms with E-state index >= 15 is 0 Å². The molecule has 0 saturated carbocycles. The molecule has 0 aliphatic rings. The number of aromatic nitrogens is 3. The topological polar surface area (TPSA) is 97.8 Å². The van der Waals surface area contributed by atoms with E-state index < -0.39 is 5.91 Å². The zero-order valence-corrected chi connectivity index (χ0v) is 15.7. The second kappa shape index (κ2) is 6.96. The summed E-state index contributed by atoms with van der Waals surface area (Å²) in [6.07, 6.45) is 0. The summed E-state index contributed by atoms with van der Waals surface area (Å²) in [5.41, 5.74) is 13.4. The molecule has 0 bridgehead atoms. The highest BCUT2D eigenvalue weighted by Gasteiger charge is 2.18. The summed E-state index contributed by atoms with van der Waals surface area (Å²) in [5.74, 6) is 1.13. The van der Waals surface area contributed by atoms with Gasteiger partial charge in [-0.25, -0.2) is 4.98 Å². The van der Waals surface area contributed by atoms with Gasteiger partial charge in [-0.05, 0) is 68.7 Å². The minimum atomic E-state index is -0.451. The lowest BCUT2D eigenvalue weighted by Gasteiger charge is -2.11. The molecule has 3 N–H and O–H groups in total. The second-order valence-electron chi connectivity index (χ2n) is 6.84. The van der Waals surface area contributed by atoms with E-state index in [4.69, 9.17) is 10.3 Å².